The number of hydrogen-bond acceptors (Lipinski definition) is 3. The van der Waals surface area contributed by atoms with Crippen LogP contribution in [0.3, 0.4) is 0 Å². The highest BCUT2D eigenvalue weighted by atomic mass is 19.1. The summed E-state index contributed by atoms with van der Waals surface area (Å²) >= 11 is 0. The van der Waals surface area contributed by atoms with Crippen LogP contribution >= 0.6 is 0 Å². The third kappa shape index (κ3) is 3.45. The molecule has 1 heterocycles. The number of halogens is 2. The Hall–Kier alpha value is -2.08. The van der Waals surface area contributed by atoms with E-state index in [4.69, 9.17) is 5.73 Å². The molecule has 2 rings (SSSR count). The molecule has 0 amide bonds. The van der Waals surface area contributed by atoms with Gasteiger partial charge < -0.3 is 10.3 Å². The second-order valence-corrected chi connectivity index (χ2v) is 4.16. The van der Waals surface area contributed by atoms with Gasteiger partial charge in [0.05, 0.1) is 6.33 Å². The zero-order valence-electron chi connectivity index (χ0n) is 10.1. The Morgan fingerprint density at radius 1 is 1.26 bits per heavy atom. The van der Waals surface area contributed by atoms with Gasteiger partial charge in [-0.1, -0.05) is 0 Å². The van der Waals surface area contributed by atoms with E-state index >= 15 is 0 Å². The molecule has 1 aromatic heterocycles. The molecule has 0 radical (unpaired) electrons. The van der Waals surface area contributed by atoms with E-state index < -0.39 is 11.6 Å². The minimum Gasteiger partial charge on any atom is -0.335 e. The molecular weight excluding hydrogens is 252 g/mol. The molecule has 0 saturated carbocycles. The molecule has 0 saturated heterocycles. The van der Waals surface area contributed by atoms with Gasteiger partial charge in [-0.05, 0) is 17.7 Å². The van der Waals surface area contributed by atoms with Gasteiger partial charge in [0.2, 0.25) is 0 Å². The van der Waals surface area contributed by atoms with Crippen molar-refractivity contribution in [3.63, 3.8) is 0 Å². The lowest BCUT2D eigenvalue weighted by Crippen LogP contribution is -2.08. The van der Waals surface area contributed by atoms with Gasteiger partial charge in [0.1, 0.15) is 17.3 Å². The number of ketones is 1. The number of imidazole rings is 1. The zero-order valence-corrected chi connectivity index (χ0v) is 10.1. The molecule has 2 aromatic rings. The quantitative estimate of drug-likeness (QED) is 0.834. The van der Waals surface area contributed by atoms with Crippen molar-refractivity contribution < 1.29 is 13.6 Å². The maximum Gasteiger partial charge on any atom is 0.187 e. The van der Waals surface area contributed by atoms with Gasteiger partial charge >= 0.3 is 0 Å². The first kappa shape index (κ1) is 13.4. The van der Waals surface area contributed by atoms with E-state index in [1.165, 1.54) is 6.33 Å². The highest BCUT2D eigenvalue weighted by Gasteiger charge is 2.11. The van der Waals surface area contributed by atoms with Crippen molar-refractivity contribution in [3.05, 3.63) is 53.6 Å². The van der Waals surface area contributed by atoms with Gasteiger partial charge in [-0.3, -0.25) is 4.79 Å². The second kappa shape index (κ2) is 5.71. The molecule has 2 N–H and O–H groups in total. The summed E-state index contributed by atoms with van der Waals surface area (Å²) in [6, 6.07) is 3.04. The van der Waals surface area contributed by atoms with E-state index in [0.29, 0.717) is 13.1 Å². The maximum atomic E-state index is 13.0. The largest absolute Gasteiger partial charge is 0.335 e. The molecule has 4 nitrogen and oxygen atoms in total. The normalized spacial score (nSPS) is 10.7. The number of nitrogens with two attached hydrogens (primary N) is 1. The summed E-state index contributed by atoms with van der Waals surface area (Å²) in [6.07, 6.45) is 2.99. The smallest absolute Gasteiger partial charge is 0.187 e. The molecule has 19 heavy (non-hydrogen) atoms. The molecule has 1 aromatic carbocycles. The Morgan fingerprint density at radius 2 is 1.95 bits per heavy atom. The van der Waals surface area contributed by atoms with Crippen LogP contribution in [0.2, 0.25) is 0 Å². The van der Waals surface area contributed by atoms with E-state index in [0.717, 1.165) is 18.2 Å². The molecule has 0 fully saturated rings. The Kier molecular flexibility index (Phi) is 4.01. The SMILES string of the molecule is NCCn1cnc(C(=O)Cc2cc(F)cc(F)c2)c1. The van der Waals surface area contributed by atoms with Crippen LogP contribution in [0.5, 0.6) is 0 Å². The number of nitrogens with zero attached hydrogens (tertiary/aromatic N) is 2. The average molecular weight is 265 g/mol. The number of carbonyl (C=O) groups excluding carboxylic acids is 1. The summed E-state index contributed by atoms with van der Waals surface area (Å²) in [7, 11) is 0. The van der Waals surface area contributed by atoms with Crippen LogP contribution in [-0.4, -0.2) is 21.9 Å². The van der Waals surface area contributed by atoms with Gasteiger partial charge in [0.25, 0.3) is 0 Å². The summed E-state index contributed by atoms with van der Waals surface area (Å²) in [6.45, 7) is 1.01. The first-order valence-electron chi connectivity index (χ1n) is 5.78. The highest BCUT2D eigenvalue weighted by molar-refractivity contribution is 5.95. The van der Waals surface area contributed by atoms with E-state index in [1.807, 2.05) is 0 Å². The van der Waals surface area contributed by atoms with Gasteiger partial charge in [-0.2, -0.15) is 0 Å². The maximum absolute atomic E-state index is 13.0. The average Bonchev–Trinajstić information content (AvgIpc) is 2.76. The number of benzene rings is 1. The van der Waals surface area contributed by atoms with Crippen molar-refractivity contribution in [2.75, 3.05) is 6.54 Å². The Morgan fingerprint density at radius 3 is 2.58 bits per heavy atom. The third-order valence-corrected chi connectivity index (χ3v) is 2.59. The molecule has 0 aliphatic carbocycles. The third-order valence-electron chi connectivity index (χ3n) is 2.59. The van der Waals surface area contributed by atoms with Crippen LogP contribution in [0.15, 0.2) is 30.7 Å². The van der Waals surface area contributed by atoms with E-state index in [1.54, 1.807) is 10.8 Å². The number of Topliss-reactive ketones (excluding diaryl/α,β-unsaturated/α-hetero) is 1. The minimum absolute atomic E-state index is 0.0890. The molecule has 0 bridgehead atoms. The van der Waals surface area contributed by atoms with Crippen LogP contribution < -0.4 is 5.73 Å². The molecule has 0 aliphatic heterocycles. The van der Waals surface area contributed by atoms with Gasteiger partial charge in [0, 0.05) is 31.8 Å². The summed E-state index contributed by atoms with van der Waals surface area (Å²) in [5, 5.41) is 0. The van der Waals surface area contributed by atoms with Crippen LogP contribution in [0, 0.1) is 11.6 Å². The van der Waals surface area contributed by atoms with E-state index in [-0.39, 0.29) is 23.5 Å². The van der Waals surface area contributed by atoms with Crippen molar-refractivity contribution >= 4 is 5.78 Å². The number of hydrogen-bond donors (Lipinski definition) is 1. The predicted molar refractivity (Wildman–Crippen MR) is 65.7 cm³/mol. The van der Waals surface area contributed by atoms with Crippen molar-refractivity contribution in [2.24, 2.45) is 5.73 Å². The summed E-state index contributed by atoms with van der Waals surface area (Å²) < 4.78 is 27.7. The van der Waals surface area contributed by atoms with Gasteiger partial charge in [-0.15, -0.1) is 0 Å². The Balaban J connectivity index is 2.11. The molecule has 0 spiro atoms. The predicted octanol–water partition coefficient (Wildman–Crippen LogP) is 1.55. The molecule has 0 atom stereocenters. The molecule has 6 heteroatoms. The van der Waals surface area contributed by atoms with Crippen LogP contribution in [0.1, 0.15) is 16.1 Å². The van der Waals surface area contributed by atoms with Crippen molar-refractivity contribution in [2.45, 2.75) is 13.0 Å². The lowest BCUT2D eigenvalue weighted by atomic mass is 10.1. The summed E-state index contributed by atoms with van der Waals surface area (Å²) in [5.74, 6) is -1.69. The number of carbonyl (C=O) groups is 1. The molecular formula is C13H13F2N3O. The standard InChI is InChI=1S/C13H13F2N3O/c14-10-3-9(4-11(15)6-10)5-13(19)12-7-18(2-1-16)8-17-12/h3-4,6-8H,1-2,5,16H2. The second-order valence-electron chi connectivity index (χ2n) is 4.16. The first-order chi connectivity index (χ1) is 9.08. The number of aromatic nitrogens is 2. The van der Waals surface area contributed by atoms with E-state index in [9.17, 15) is 13.6 Å². The lowest BCUT2D eigenvalue weighted by molar-refractivity contribution is 0.0988. The monoisotopic (exact) mass is 265 g/mol. The fraction of sp³-hybridized carbons (Fsp3) is 0.231. The van der Waals surface area contributed by atoms with Gasteiger partial charge in [-0.25, -0.2) is 13.8 Å². The highest BCUT2D eigenvalue weighted by Crippen LogP contribution is 2.11. The summed E-state index contributed by atoms with van der Waals surface area (Å²) in [5.41, 5.74) is 5.94. The number of rotatable bonds is 5. The fourth-order valence-electron chi connectivity index (χ4n) is 1.76. The minimum atomic E-state index is -0.698. The van der Waals surface area contributed by atoms with Crippen LogP contribution in [0.4, 0.5) is 8.78 Å². The van der Waals surface area contributed by atoms with Crippen LogP contribution in [0.25, 0.3) is 0 Å². The van der Waals surface area contributed by atoms with E-state index in [2.05, 4.69) is 4.98 Å². The van der Waals surface area contributed by atoms with Crippen LogP contribution in [-0.2, 0) is 13.0 Å². The molecule has 100 valence electrons. The Bertz CT molecular complexity index is 575. The van der Waals surface area contributed by atoms with Crippen molar-refractivity contribution in [1.82, 2.24) is 9.55 Å². The summed E-state index contributed by atoms with van der Waals surface area (Å²) in [4.78, 5) is 15.8. The molecule has 0 aliphatic rings. The Labute approximate surface area is 108 Å². The topological polar surface area (TPSA) is 60.9 Å². The zero-order chi connectivity index (χ0) is 13.8. The van der Waals surface area contributed by atoms with Gasteiger partial charge in [0.15, 0.2) is 5.78 Å². The van der Waals surface area contributed by atoms with Crippen molar-refractivity contribution in [1.29, 1.82) is 0 Å². The fourth-order valence-corrected chi connectivity index (χ4v) is 1.76. The lowest BCUT2D eigenvalue weighted by Gasteiger charge is -2.00. The molecule has 0 unspecified atom stereocenters. The van der Waals surface area contributed by atoms with Crippen molar-refractivity contribution in [3.8, 4) is 0 Å². The first-order valence-corrected chi connectivity index (χ1v) is 5.78.